The van der Waals surface area contributed by atoms with Crippen LogP contribution in [-0.4, -0.2) is 23.6 Å². The highest BCUT2D eigenvalue weighted by atomic mass is 15.4. The molecule has 1 heterocycles. The predicted octanol–water partition coefficient (Wildman–Crippen LogP) is -0.328. The molecule has 1 aliphatic rings. The Morgan fingerprint density at radius 3 is 2.56 bits per heavy atom. The van der Waals surface area contributed by atoms with Gasteiger partial charge in [-0.3, -0.25) is 5.84 Å². The van der Waals surface area contributed by atoms with E-state index in [1.54, 1.807) is 0 Å². The Balaban J connectivity index is 2.35. The number of piperidine rings is 1. The molecule has 54 valence electrons. The Kier molecular flexibility index (Phi) is 2.05. The van der Waals surface area contributed by atoms with Crippen LogP contribution >= 0.6 is 0 Å². The second kappa shape index (κ2) is 2.64. The molecular weight excluding hydrogens is 114 g/mol. The maximum Gasteiger partial charge on any atom is 0.0283 e. The van der Waals surface area contributed by atoms with Gasteiger partial charge in [-0.05, 0) is 19.8 Å². The molecule has 0 aromatic carbocycles. The minimum atomic E-state index is 0.297. The third-order valence-electron chi connectivity index (χ3n) is 1.97. The molecule has 0 saturated carbocycles. The van der Waals surface area contributed by atoms with Crippen molar-refractivity contribution < 1.29 is 0 Å². The molecule has 1 saturated heterocycles. The summed E-state index contributed by atoms with van der Waals surface area (Å²) in [6.45, 7) is 2.98. The van der Waals surface area contributed by atoms with Gasteiger partial charge in [-0.25, -0.2) is 5.01 Å². The van der Waals surface area contributed by atoms with Crippen LogP contribution in [0, 0.1) is 0 Å². The number of nitrogens with zero attached hydrogens (tertiary/aromatic N) is 1. The number of hydrazine groups is 1. The van der Waals surface area contributed by atoms with Crippen LogP contribution in [0.4, 0.5) is 0 Å². The average Bonchev–Trinajstić information content (AvgIpc) is 1.80. The van der Waals surface area contributed by atoms with Gasteiger partial charge in [0, 0.05) is 18.6 Å². The third kappa shape index (κ3) is 1.64. The quantitative estimate of drug-likeness (QED) is 0.440. The molecule has 0 amide bonds. The molecule has 1 rings (SSSR count). The lowest BCUT2D eigenvalue weighted by atomic mass is 10.0. The molecule has 0 aliphatic carbocycles. The zero-order valence-corrected chi connectivity index (χ0v) is 5.88. The van der Waals surface area contributed by atoms with Crippen molar-refractivity contribution in [1.29, 1.82) is 0 Å². The fourth-order valence-electron chi connectivity index (χ4n) is 1.16. The SMILES string of the molecule is C[C@@H]1CC[C@@H](N)CN1N. The molecule has 0 bridgehead atoms. The number of rotatable bonds is 0. The van der Waals surface area contributed by atoms with E-state index in [4.69, 9.17) is 11.6 Å². The van der Waals surface area contributed by atoms with Crippen LogP contribution in [0.1, 0.15) is 19.8 Å². The van der Waals surface area contributed by atoms with Gasteiger partial charge in [0.05, 0.1) is 0 Å². The van der Waals surface area contributed by atoms with Gasteiger partial charge in [-0.15, -0.1) is 0 Å². The molecule has 0 unspecified atom stereocenters. The lowest BCUT2D eigenvalue weighted by Crippen LogP contribution is -2.50. The molecule has 3 nitrogen and oxygen atoms in total. The summed E-state index contributed by atoms with van der Waals surface area (Å²) < 4.78 is 0. The van der Waals surface area contributed by atoms with E-state index in [-0.39, 0.29) is 0 Å². The van der Waals surface area contributed by atoms with E-state index in [0.29, 0.717) is 12.1 Å². The standard InChI is InChI=1S/C6H15N3/c1-5-2-3-6(7)4-9(5)8/h5-6H,2-4,7-8H2,1H3/t5-,6-/m1/s1. The Bertz CT molecular complexity index is 94.3. The normalized spacial score (nSPS) is 39.0. The molecule has 0 aromatic rings. The average molecular weight is 129 g/mol. The highest BCUT2D eigenvalue weighted by molar-refractivity contribution is 4.76. The summed E-state index contributed by atoms with van der Waals surface area (Å²) in [5.74, 6) is 5.62. The van der Waals surface area contributed by atoms with Crippen molar-refractivity contribution in [3.8, 4) is 0 Å². The summed E-state index contributed by atoms with van der Waals surface area (Å²) in [7, 11) is 0. The minimum absolute atomic E-state index is 0.297. The molecule has 3 heteroatoms. The summed E-state index contributed by atoms with van der Waals surface area (Å²) in [6, 6.07) is 0.816. The van der Waals surface area contributed by atoms with Gasteiger partial charge >= 0.3 is 0 Å². The Morgan fingerprint density at radius 2 is 2.11 bits per heavy atom. The summed E-state index contributed by atoms with van der Waals surface area (Å²) in [6.07, 6.45) is 2.26. The highest BCUT2D eigenvalue weighted by Gasteiger charge is 2.19. The van der Waals surface area contributed by atoms with Crippen molar-refractivity contribution in [1.82, 2.24) is 5.01 Å². The third-order valence-corrected chi connectivity index (χ3v) is 1.97. The first-order valence-corrected chi connectivity index (χ1v) is 3.47. The molecule has 9 heavy (non-hydrogen) atoms. The molecule has 2 atom stereocenters. The van der Waals surface area contributed by atoms with Crippen molar-refractivity contribution in [3.63, 3.8) is 0 Å². The van der Waals surface area contributed by atoms with E-state index in [2.05, 4.69) is 6.92 Å². The van der Waals surface area contributed by atoms with E-state index >= 15 is 0 Å². The van der Waals surface area contributed by atoms with E-state index in [9.17, 15) is 0 Å². The van der Waals surface area contributed by atoms with Crippen molar-refractivity contribution in [2.45, 2.75) is 31.8 Å². The van der Waals surface area contributed by atoms with Crippen LogP contribution in [0.3, 0.4) is 0 Å². The van der Waals surface area contributed by atoms with E-state index in [1.807, 2.05) is 5.01 Å². The second-order valence-corrected chi connectivity index (χ2v) is 2.88. The van der Waals surface area contributed by atoms with Gasteiger partial charge in [0.25, 0.3) is 0 Å². The number of hydrogen-bond donors (Lipinski definition) is 2. The highest BCUT2D eigenvalue weighted by Crippen LogP contribution is 2.11. The molecule has 0 radical (unpaired) electrons. The van der Waals surface area contributed by atoms with Crippen molar-refractivity contribution in [3.05, 3.63) is 0 Å². The minimum Gasteiger partial charge on any atom is -0.326 e. The van der Waals surface area contributed by atoms with Crippen molar-refractivity contribution >= 4 is 0 Å². The fourth-order valence-corrected chi connectivity index (χ4v) is 1.16. The van der Waals surface area contributed by atoms with E-state index in [1.165, 1.54) is 0 Å². The van der Waals surface area contributed by atoms with Crippen LogP contribution in [0.5, 0.6) is 0 Å². The maximum atomic E-state index is 5.67. The summed E-state index contributed by atoms with van der Waals surface area (Å²) in [4.78, 5) is 0. The lowest BCUT2D eigenvalue weighted by molar-refractivity contribution is 0.148. The molecular formula is C6H15N3. The van der Waals surface area contributed by atoms with Gasteiger partial charge in [-0.2, -0.15) is 0 Å². The predicted molar refractivity (Wildman–Crippen MR) is 37.6 cm³/mol. The number of nitrogens with two attached hydrogens (primary N) is 2. The van der Waals surface area contributed by atoms with E-state index in [0.717, 1.165) is 19.4 Å². The van der Waals surface area contributed by atoms with Crippen LogP contribution < -0.4 is 11.6 Å². The molecule has 4 N–H and O–H groups in total. The first-order valence-electron chi connectivity index (χ1n) is 3.47. The summed E-state index contributed by atoms with van der Waals surface area (Å²) in [5, 5.41) is 1.83. The Hall–Kier alpha value is -0.120. The van der Waals surface area contributed by atoms with Crippen molar-refractivity contribution in [2.24, 2.45) is 11.6 Å². The lowest BCUT2D eigenvalue weighted by Gasteiger charge is -2.32. The molecule has 0 aromatic heterocycles. The van der Waals surface area contributed by atoms with Crippen LogP contribution in [0.15, 0.2) is 0 Å². The molecule has 0 spiro atoms. The van der Waals surface area contributed by atoms with Crippen LogP contribution in [0.25, 0.3) is 0 Å². The molecule has 1 fully saturated rings. The van der Waals surface area contributed by atoms with Gasteiger partial charge in [-0.1, -0.05) is 0 Å². The van der Waals surface area contributed by atoms with Gasteiger partial charge < -0.3 is 5.73 Å². The Labute approximate surface area is 56.0 Å². The first kappa shape index (κ1) is 6.99. The zero-order chi connectivity index (χ0) is 6.85. The number of hydrogen-bond acceptors (Lipinski definition) is 3. The van der Waals surface area contributed by atoms with Gasteiger partial charge in [0.2, 0.25) is 0 Å². The maximum absolute atomic E-state index is 5.67. The smallest absolute Gasteiger partial charge is 0.0283 e. The van der Waals surface area contributed by atoms with Gasteiger partial charge in [0.15, 0.2) is 0 Å². The van der Waals surface area contributed by atoms with Gasteiger partial charge in [0.1, 0.15) is 0 Å². The monoisotopic (exact) mass is 129 g/mol. The topological polar surface area (TPSA) is 55.3 Å². The van der Waals surface area contributed by atoms with Crippen molar-refractivity contribution in [2.75, 3.05) is 6.54 Å². The fraction of sp³-hybridized carbons (Fsp3) is 1.00. The zero-order valence-electron chi connectivity index (χ0n) is 5.88. The summed E-state index contributed by atoms with van der Waals surface area (Å²) in [5.41, 5.74) is 5.67. The second-order valence-electron chi connectivity index (χ2n) is 2.88. The van der Waals surface area contributed by atoms with Crippen LogP contribution in [-0.2, 0) is 0 Å². The first-order chi connectivity index (χ1) is 4.20. The Morgan fingerprint density at radius 1 is 1.44 bits per heavy atom. The largest absolute Gasteiger partial charge is 0.326 e. The summed E-state index contributed by atoms with van der Waals surface area (Å²) >= 11 is 0. The van der Waals surface area contributed by atoms with Crippen LogP contribution in [0.2, 0.25) is 0 Å². The van der Waals surface area contributed by atoms with E-state index < -0.39 is 0 Å². The molecule has 1 aliphatic heterocycles.